The molecule has 0 bridgehead atoms. The minimum Gasteiger partial charge on any atom is -0.370 e. The average molecular weight is 357 g/mol. The Bertz CT molecular complexity index is 825. The Kier molecular flexibility index (Phi) is 6.60. The number of guanidine groups is 1. The van der Waals surface area contributed by atoms with Crippen molar-refractivity contribution in [3.05, 3.63) is 71.9 Å². The van der Waals surface area contributed by atoms with Crippen molar-refractivity contribution >= 4 is 35.2 Å². The highest BCUT2D eigenvalue weighted by Gasteiger charge is 2.08. The van der Waals surface area contributed by atoms with Crippen molar-refractivity contribution in [2.24, 2.45) is 10.7 Å². The molecule has 4 N–H and O–H groups in total. The molecular weight excluding hydrogens is 336 g/mol. The van der Waals surface area contributed by atoms with E-state index in [1.54, 1.807) is 6.07 Å². The lowest BCUT2D eigenvalue weighted by Crippen LogP contribution is -2.33. The maximum Gasteiger partial charge on any atom is 0.296 e. The minimum atomic E-state index is -0.376. The smallest absolute Gasteiger partial charge is 0.296 e. The van der Waals surface area contributed by atoms with Crippen LogP contribution in [-0.4, -0.2) is 23.4 Å². The van der Waals surface area contributed by atoms with E-state index in [0.717, 1.165) is 23.7 Å². The molecule has 0 atom stereocenters. The fraction of sp³-hybridized carbons (Fsp3) is 0.158. The van der Waals surface area contributed by atoms with Crippen LogP contribution in [0.15, 0.2) is 65.7 Å². The summed E-state index contributed by atoms with van der Waals surface area (Å²) < 4.78 is 0. The van der Waals surface area contributed by atoms with E-state index in [0.29, 0.717) is 12.2 Å². The van der Waals surface area contributed by atoms with Crippen molar-refractivity contribution in [3.8, 4) is 0 Å². The highest BCUT2D eigenvalue weighted by molar-refractivity contribution is 6.03. The number of hydrogen-bond acceptors (Lipinski definition) is 1. The molecule has 5 nitrogen and oxygen atoms in total. The number of para-hydroxylation sites is 1. The van der Waals surface area contributed by atoms with Crippen LogP contribution in [0.5, 0.6) is 0 Å². The molecule has 1 amide bonds. The number of carbonyl (C=O) groups excluding carboxylic acids is 1. The molecule has 3 aromatic rings. The summed E-state index contributed by atoms with van der Waals surface area (Å²) in [5, 5.41) is 3.96. The Labute approximate surface area is 152 Å². The molecule has 1 aromatic heterocycles. The molecule has 2 aromatic carbocycles. The molecule has 0 saturated heterocycles. The van der Waals surface area contributed by atoms with E-state index < -0.39 is 0 Å². The van der Waals surface area contributed by atoms with Crippen molar-refractivity contribution in [1.82, 2.24) is 10.3 Å². The van der Waals surface area contributed by atoms with Crippen LogP contribution < -0.4 is 11.1 Å². The van der Waals surface area contributed by atoms with Gasteiger partial charge in [0.1, 0.15) is 5.69 Å². The van der Waals surface area contributed by atoms with Gasteiger partial charge in [0.05, 0.1) is 0 Å². The van der Waals surface area contributed by atoms with Crippen molar-refractivity contribution < 1.29 is 4.79 Å². The second-order valence-electron chi connectivity index (χ2n) is 5.59. The molecule has 0 aliphatic heterocycles. The maximum atomic E-state index is 12.1. The normalized spacial score (nSPS) is 11.1. The number of fused-ring (bicyclic) bond motifs is 1. The van der Waals surface area contributed by atoms with E-state index in [2.05, 4.69) is 27.4 Å². The van der Waals surface area contributed by atoms with Crippen LogP contribution in [0.1, 0.15) is 22.5 Å². The summed E-state index contributed by atoms with van der Waals surface area (Å²) in [4.78, 5) is 19.1. The van der Waals surface area contributed by atoms with E-state index in [-0.39, 0.29) is 24.3 Å². The summed E-state index contributed by atoms with van der Waals surface area (Å²) in [7, 11) is 0. The second-order valence-corrected chi connectivity index (χ2v) is 5.59. The number of aromatic amines is 1. The first-order valence-electron chi connectivity index (χ1n) is 7.96. The molecule has 1 heterocycles. The number of H-pyrrole nitrogens is 1. The van der Waals surface area contributed by atoms with E-state index in [9.17, 15) is 4.79 Å². The van der Waals surface area contributed by atoms with E-state index >= 15 is 0 Å². The Morgan fingerprint density at radius 3 is 2.56 bits per heavy atom. The van der Waals surface area contributed by atoms with Crippen molar-refractivity contribution in [3.63, 3.8) is 0 Å². The minimum absolute atomic E-state index is 0. The number of amides is 1. The highest BCUT2D eigenvalue weighted by atomic mass is 35.5. The number of nitrogens with zero attached hydrogens (tertiary/aromatic N) is 1. The first-order chi connectivity index (χ1) is 11.7. The van der Waals surface area contributed by atoms with Crippen LogP contribution in [0.2, 0.25) is 0 Å². The monoisotopic (exact) mass is 356 g/mol. The van der Waals surface area contributed by atoms with Crippen LogP contribution in [0.3, 0.4) is 0 Å². The SMILES string of the molecule is Cl.NC(=NC(=O)c1cc2ccccc2[nH]1)NCCCc1ccccc1. The highest BCUT2D eigenvalue weighted by Crippen LogP contribution is 2.15. The van der Waals surface area contributed by atoms with Crippen molar-refractivity contribution in [1.29, 1.82) is 0 Å². The van der Waals surface area contributed by atoms with Gasteiger partial charge in [-0.1, -0.05) is 48.5 Å². The third-order valence-electron chi connectivity index (χ3n) is 3.77. The molecule has 0 spiro atoms. The van der Waals surface area contributed by atoms with Gasteiger partial charge in [0.25, 0.3) is 5.91 Å². The van der Waals surface area contributed by atoms with Crippen LogP contribution >= 0.6 is 12.4 Å². The third-order valence-corrected chi connectivity index (χ3v) is 3.77. The zero-order valence-corrected chi connectivity index (χ0v) is 14.6. The summed E-state index contributed by atoms with van der Waals surface area (Å²) in [6.07, 6.45) is 1.87. The van der Waals surface area contributed by atoms with Crippen LogP contribution in [0, 0.1) is 0 Å². The number of nitrogens with one attached hydrogen (secondary N) is 2. The van der Waals surface area contributed by atoms with Gasteiger partial charge in [-0.25, -0.2) is 0 Å². The van der Waals surface area contributed by atoms with Crippen LogP contribution in [0.25, 0.3) is 10.9 Å². The topological polar surface area (TPSA) is 83.3 Å². The lowest BCUT2D eigenvalue weighted by atomic mass is 10.1. The lowest BCUT2D eigenvalue weighted by molar-refractivity contribution is 0.0998. The first kappa shape index (κ1) is 18.5. The molecule has 130 valence electrons. The van der Waals surface area contributed by atoms with Crippen molar-refractivity contribution in [2.75, 3.05) is 6.54 Å². The van der Waals surface area contributed by atoms with Gasteiger partial charge in [0.15, 0.2) is 5.96 Å². The largest absolute Gasteiger partial charge is 0.370 e. The summed E-state index contributed by atoms with van der Waals surface area (Å²) in [6.45, 7) is 0.671. The molecule has 0 unspecified atom stereocenters. The number of aromatic nitrogens is 1. The Balaban J connectivity index is 0.00000225. The maximum absolute atomic E-state index is 12.1. The summed E-state index contributed by atoms with van der Waals surface area (Å²) in [6, 6.07) is 19.7. The van der Waals surface area contributed by atoms with Gasteiger partial charge in [-0.05, 0) is 30.5 Å². The Morgan fingerprint density at radius 2 is 1.80 bits per heavy atom. The van der Waals surface area contributed by atoms with Crippen LogP contribution in [-0.2, 0) is 6.42 Å². The van der Waals surface area contributed by atoms with Crippen LogP contribution in [0.4, 0.5) is 0 Å². The molecule has 3 rings (SSSR count). The van der Waals surface area contributed by atoms with Gasteiger partial charge in [-0.2, -0.15) is 4.99 Å². The molecule has 0 fully saturated rings. The van der Waals surface area contributed by atoms with Crippen molar-refractivity contribution in [2.45, 2.75) is 12.8 Å². The summed E-state index contributed by atoms with van der Waals surface area (Å²) in [5.41, 5.74) is 8.41. The van der Waals surface area contributed by atoms with E-state index in [1.165, 1.54) is 5.56 Å². The number of benzene rings is 2. The number of hydrogen-bond donors (Lipinski definition) is 3. The number of nitrogens with two attached hydrogens (primary N) is 1. The fourth-order valence-corrected chi connectivity index (χ4v) is 2.55. The molecule has 0 aliphatic carbocycles. The standard InChI is InChI=1S/C19H20N4O.ClH/c20-19(21-12-6-9-14-7-2-1-3-8-14)23-18(24)17-13-15-10-4-5-11-16(15)22-17;/h1-5,7-8,10-11,13,22H,6,9,12H2,(H3,20,21,23,24);1H. The first-order valence-corrected chi connectivity index (χ1v) is 7.96. The third kappa shape index (κ3) is 5.09. The molecule has 6 heteroatoms. The van der Waals surface area contributed by atoms with Gasteiger partial charge in [-0.3, -0.25) is 4.79 Å². The van der Waals surface area contributed by atoms with Gasteiger partial charge in [0, 0.05) is 17.4 Å². The molecule has 0 saturated carbocycles. The lowest BCUT2D eigenvalue weighted by Gasteiger charge is -2.05. The van der Waals surface area contributed by atoms with E-state index in [1.807, 2.05) is 42.5 Å². The van der Waals surface area contributed by atoms with Gasteiger partial charge >= 0.3 is 0 Å². The molecular formula is C19H21ClN4O. The molecule has 25 heavy (non-hydrogen) atoms. The average Bonchev–Trinajstić information content (AvgIpc) is 3.04. The second kappa shape index (κ2) is 8.89. The number of halogens is 1. The summed E-state index contributed by atoms with van der Waals surface area (Å²) >= 11 is 0. The predicted molar refractivity (Wildman–Crippen MR) is 104 cm³/mol. The zero-order valence-electron chi connectivity index (χ0n) is 13.7. The molecule has 0 radical (unpaired) electrons. The van der Waals surface area contributed by atoms with Gasteiger partial charge in [0.2, 0.25) is 0 Å². The van der Waals surface area contributed by atoms with E-state index in [4.69, 9.17) is 5.73 Å². The number of aryl methyl sites for hydroxylation is 1. The quantitative estimate of drug-likeness (QED) is 0.372. The number of rotatable bonds is 5. The fourth-order valence-electron chi connectivity index (χ4n) is 2.55. The zero-order chi connectivity index (χ0) is 16.8. The summed E-state index contributed by atoms with van der Waals surface area (Å²) in [5.74, 6) is -0.231. The molecule has 0 aliphatic rings. The Morgan fingerprint density at radius 1 is 1.08 bits per heavy atom. The van der Waals surface area contributed by atoms with Gasteiger partial charge < -0.3 is 16.0 Å². The number of aliphatic imine (C=N–C) groups is 1. The Hall–Kier alpha value is -2.79. The number of carbonyl (C=O) groups is 1. The predicted octanol–water partition coefficient (Wildman–Crippen LogP) is 3.27. The van der Waals surface area contributed by atoms with Gasteiger partial charge in [-0.15, -0.1) is 12.4 Å².